The number of hydrogen-bond donors (Lipinski definition) is 1. The zero-order valence-electron chi connectivity index (χ0n) is 22.7. The summed E-state index contributed by atoms with van der Waals surface area (Å²) in [5.74, 6) is 2.29. The standard InChI is InChI=1S/C30H29ClN4O5/c1-17(36)35(16-19-10-11-20(38-2)12-26(19)39-3)29-24-15-32-27(34-30(37)18-8-9-18)13-22(24)23(14-33-29)21-6-5-7-25(31)28(21)40-4/h5-7,10-15,18H,8-9,16H2,1-4H3,(H,32,34,37). The molecule has 2 aromatic heterocycles. The van der Waals surface area contributed by atoms with Crippen LogP contribution in [0, 0.1) is 5.92 Å². The third-order valence-electron chi connectivity index (χ3n) is 6.87. The lowest BCUT2D eigenvalue weighted by atomic mass is 10.00. The van der Waals surface area contributed by atoms with Gasteiger partial charge in [0.2, 0.25) is 11.8 Å². The van der Waals surface area contributed by atoms with Crippen molar-refractivity contribution in [1.82, 2.24) is 9.97 Å². The number of nitrogens with one attached hydrogen (secondary N) is 1. The van der Waals surface area contributed by atoms with Gasteiger partial charge in [-0.25, -0.2) is 9.97 Å². The highest BCUT2D eigenvalue weighted by Gasteiger charge is 2.30. The smallest absolute Gasteiger partial charge is 0.228 e. The molecular weight excluding hydrogens is 532 g/mol. The molecule has 9 nitrogen and oxygen atoms in total. The molecule has 0 spiro atoms. The number of aromatic nitrogens is 2. The summed E-state index contributed by atoms with van der Waals surface area (Å²) < 4.78 is 16.5. The number of carbonyl (C=O) groups is 2. The number of nitrogens with zero attached hydrogens (tertiary/aromatic N) is 3. The second-order valence-corrected chi connectivity index (χ2v) is 9.88. The van der Waals surface area contributed by atoms with Crippen molar-refractivity contribution < 1.29 is 23.8 Å². The number of para-hydroxylation sites is 1. The Balaban J connectivity index is 1.66. The summed E-state index contributed by atoms with van der Waals surface area (Å²) in [5.41, 5.74) is 2.21. The van der Waals surface area contributed by atoms with Crippen LogP contribution in [0.1, 0.15) is 25.3 Å². The minimum absolute atomic E-state index is 0.0191. The van der Waals surface area contributed by atoms with E-state index in [1.807, 2.05) is 24.3 Å². The highest BCUT2D eigenvalue weighted by molar-refractivity contribution is 6.32. The summed E-state index contributed by atoms with van der Waals surface area (Å²) in [6.07, 6.45) is 5.06. The van der Waals surface area contributed by atoms with Crippen LogP contribution in [-0.2, 0) is 16.1 Å². The molecule has 1 aliphatic rings. The molecule has 40 heavy (non-hydrogen) atoms. The summed E-state index contributed by atoms with van der Waals surface area (Å²) in [6, 6.07) is 12.7. The molecule has 0 unspecified atom stereocenters. The van der Waals surface area contributed by atoms with E-state index in [9.17, 15) is 9.59 Å². The monoisotopic (exact) mass is 560 g/mol. The zero-order chi connectivity index (χ0) is 28.4. The quantitative estimate of drug-likeness (QED) is 0.273. The number of halogens is 1. The van der Waals surface area contributed by atoms with Crippen molar-refractivity contribution in [2.24, 2.45) is 5.92 Å². The largest absolute Gasteiger partial charge is 0.497 e. The average molecular weight is 561 g/mol. The summed E-state index contributed by atoms with van der Waals surface area (Å²) in [7, 11) is 4.70. The second kappa shape index (κ2) is 11.4. The third kappa shape index (κ3) is 5.37. The summed E-state index contributed by atoms with van der Waals surface area (Å²) in [5, 5.41) is 4.70. The Hall–Kier alpha value is -4.37. The molecule has 0 saturated heterocycles. The molecule has 5 rings (SSSR count). The van der Waals surface area contributed by atoms with Gasteiger partial charge in [0.1, 0.15) is 28.9 Å². The Morgan fingerprint density at radius 2 is 1.77 bits per heavy atom. The summed E-state index contributed by atoms with van der Waals surface area (Å²) >= 11 is 6.45. The summed E-state index contributed by atoms with van der Waals surface area (Å²) in [4.78, 5) is 36.3. The predicted molar refractivity (Wildman–Crippen MR) is 154 cm³/mol. The molecule has 1 aliphatic carbocycles. The molecule has 0 bridgehead atoms. The van der Waals surface area contributed by atoms with Crippen LogP contribution in [0.5, 0.6) is 17.2 Å². The van der Waals surface area contributed by atoms with Crippen LogP contribution >= 0.6 is 11.6 Å². The fourth-order valence-electron chi connectivity index (χ4n) is 4.61. The molecule has 1 saturated carbocycles. The zero-order valence-corrected chi connectivity index (χ0v) is 23.4. The number of anilines is 2. The van der Waals surface area contributed by atoms with Gasteiger partial charge in [-0.1, -0.05) is 23.7 Å². The van der Waals surface area contributed by atoms with Crippen LogP contribution in [0.15, 0.2) is 54.9 Å². The number of carbonyl (C=O) groups excluding carboxylic acids is 2. The average Bonchev–Trinajstić information content (AvgIpc) is 3.81. The van der Waals surface area contributed by atoms with E-state index in [2.05, 4.69) is 10.3 Å². The van der Waals surface area contributed by atoms with Gasteiger partial charge in [0.25, 0.3) is 0 Å². The van der Waals surface area contributed by atoms with E-state index in [1.165, 1.54) is 6.92 Å². The third-order valence-corrected chi connectivity index (χ3v) is 7.17. The molecule has 4 aromatic rings. The van der Waals surface area contributed by atoms with Crippen molar-refractivity contribution in [2.75, 3.05) is 31.5 Å². The van der Waals surface area contributed by atoms with E-state index < -0.39 is 0 Å². The molecule has 10 heteroatoms. The van der Waals surface area contributed by atoms with Gasteiger partial charge in [-0.3, -0.25) is 14.5 Å². The Morgan fingerprint density at radius 1 is 0.975 bits per heavy atom. The van der Waals surface area contributed by atoms with Gasteiger partial charge in [0.15, 0.2) is 0 Å². The molecule has 2 amide bonds. The van der Waals surface area contributed by atoms with Gasteiger partial charge in [-0.2, -0.15) is 0 Å². The van der Waals surface area contributed by atoms with Crippen molar-refractivity contribution in [3.63, 3.8) is 0 Å². The van der Waals surface area contributed by atoms with Crippen LogP contribution < -0.4 is 24.4 Å². The van der Waals surface area contributed by atoms with Crippen molar-refractivity contribution >= 4 is 45.8 Å². The fourth-order valence-corrected chi connectivity index (χ4v) is 4.86. The minimum atomic E-state index is -0.217. The molecule has 0 aliphatic heterocycles. The number of rotatable bonds is 9. The van der Waals surface area contributed by atoms with Crippen LogP contribution in [0.2, 0.25) is 5.02 Å². The maximum atomic E-state index is 13.0. The van der Waals surface area contributed by atoms with Gasteiger partial charge < -0.3 is 19.5 Å². The number of ether oxygens (including phenoxy) is 3. The number of hydrogen-bond acceptors (Lipinski definition) is 7. The Morgan fingerprint density at radius 3 is 2.45 bits per heavy atom. The first-order valence-electron chi connectivity index (χ1n) is 12.8. The molecular formula is C30H29ClN4O5. The summed E-state index contributed by atoms with van der Waals surface area (Å²) in [6.45, 7) is 1.68. The van der Waals surface area contributed by atoms with Crippen molar-refractivity contribution in [3.05, 3.63) is 65.4 Å². The Labute approximate surface area is 237 Å². The topological polar surface area (TPSA) is 103 Å². The van der Waals surface area contributed by atoms with Crippen molar-refractivity contribution in [1.29, 1.82) is 0 Å². The Kier molecular flexibility index (Phi) is 7.75. The fraction of sp³-hybridized carbons (Fsp3) is 0.267. The van der Waals surface area contributed by atoms with Gasteiger partial charge in [-0.05, 0) is 37.1 Å². The number of amides is 2. The number of methoxy groups -OCH3 is 3. The lowest BCUT2D eigenvalue weighted by molar-refractivity contribution is -0.117. The van der Waals surface area contributed by atoms with Gasteiger partial charge in [0.05, 0.1) is 32.9 Å². The highest BCUT2D eigenvalue weighted by Crippen LogP contribution is 2.41. The maximum Gasteiger partial charge on any atom is 0.228 e. The normalized spacial score (nSPS) is 12.6. The molecule has 1 fully saturated rings. The van der Waals surface area contributed by atoms with Crippen LogP contribution in [-0.4, -0.2) is 43.1 Å². The predicted octanol–water partition coefficient (Wildman–Crippen LogP) is 5.88. The first-order chi connectivity index (χ1) is 19.3. The van der Waals surface area contributed by atoms with E-state index in [1.54, 1.807) is 56.8 Å². The van der Waals surface area contributed by atoms with Crippen molar-refractivity contribution in [3.8, 4) is 28.4 Å². The van der Waals surface area contributed by atoms with Crippen molar-refractivity contribution in [2.45, 2.75) is 26.3 Å². The lowest BCUT2D eigenvalue weighted by Crippen LogP contribution is -2.29. The van der Waals surface area contributed by atoms with Crippen LogP contribution in [0.25, 0.3) is 21.9 Å². The molecule has 2 heterocycles. The van der Waals surface area contributed by atoms with E-state index in [0.29, 0.717) is 44.9 Å². The van der Waals surface area contributed by atoms with E-state index >= 15 is 0 Å². The Bertz CT molecular complexity index is 1610. The number of pyridine rings is 2. The number of fused-ring (bicyclic) bond motifs is 1. The molecule has 0 atom stereocenters. The van der Waals surface area contributed by atoms with E-state index in [4.69, 9.17) is 30.8 Å². The van der Waals surface area contributed by atoms with Crippen LogP contribution in [0.4, 0.5) is 11.6 Å². The van der Waals surface area contributed by atoms with Gasteiger partial charge >= 0.3 is 0 Å². The highest BCUT2D eigenvalue weighted by atomic mass is 35.5. The second-order valence-electron chi connectivity index (χ2n) is 9.48. The SMILES string of the molecule is COc1ccc(CN(C(C)=O)c2ncc(-c3cccc(Cl)c3OC)c3cc(NC(=O)C4CC4)ncc23)c(OC)c1. The number of benzene rings is 2. The molecule has 0 radical (unpaired) electrons. The molecule has 2 aromatic carbocycles. The molecule has 206 valence electrons. The van der Waals surface area contributed by atoms with E-state index in [0.717, 1.165) is 29.4 Å². The minimum Gasteiger partial charge on any atom is -0.497 e. The van der Waals surface area contributed by atoms with Gasteiger partial charge in [0, 0.05) is 58.8 Å². The first kappa shape index (κ1) is 27.2. The van der Waals surface area contributed by atoms with Gasteiger partial charge in [-0.15, -0.1) is 0 Å². The van der Waals surface area contributed by atoms with E-state index in [-0.39, 0.29) is 24.3 Å². The lowest BCUT2D eigenvalue weighted by Gasteiger charge is -2.24. The van der Waals surface area contributed by atoms with Crippen LogP contribution in [0.3, 0.4) is 0 Å². The molecule has 1 N–H and O–H groups in total. The first-order valence-corrected chi connectivity index (χ1v) is 13.1. The maximum absolute atomic E-state index is 13.0.